The van der Waals surface area contributed by atoms with Gasteiger partial charge >= 0.3 is 5.97 Å². The summed E-state index contributed by atoms with van der Waals surface area (Å²) < 4.78 is 11.7. The molecule has 2 aliphatic rings. The fraction of sp³-hybridized carbons (Fsp3) is 0.517. The van der Waals surface area contributed by atoms with Crippen LogP contribution in [0.4, 0.5) is 5.69 Å². The van der Waals surface area contributed by atoms with E-state index in [2.05, 4.69) is 21.1 Å². The molecule has 41 heavy (non-hydrogen) atoms. The molecule has 1 saturated carbocycles. The molecule has 1 aliphatic carbocycles. The maximum absolute atomic E-state index is 13.5. The van der Waals surface area contributed by atoms with Gasteiger partial charge in [0.15, 0.2) is 5.69 Å². The third-order valence-electron chi connectivity index (χ3n) is 7.44. The average molecular weight is 568 g/mol. The Morgan fingerprint density at radius 1 is 1.22 bits per heavy atom. The van der Waals surface area contributed by atoms with Gasteiger partial charge < -0.3 is 29.8 Å². The summed E-state index contributed by atoms with van der Waals surface area (Å²) in [7, 11) is 0. The molecule has 3 heterocycles. The topological polar surface area (TPSA) is 162 Å². The number of anilines is 1. The number of hydrogen-bond acceptors (Lipinski definition) is 8. The zero-order valence-electron chi connectivity index (χ0n) is 23.4. The van der Waals surface area contributed by atoms with Crippen molar-refractivity contribution in [1.82, 2.24) is 20.4 Å². The third kappa shape index (κ3) is 7.92. The van der Waals surface area contributed by atoms with Gasteiger partial charge in [-0.2, -0.15) is 0 Å². The number of amides is 3. The standard InChI is InChI=1S/C29H37N5O7/c1-3-24(34-15-7-10-22(29(34)39)32-27(37)23-16-18(2)41-33-23)28(38)31-20(17-19-13-14-30-26(19)36)11-12-25(35)40-21-8-5-4-6-9-21/h7,10-12,15-16,19-21,24H,3-6,8-9,13-14,17H2,1-2H3,(H,30,36)(H,31,38)(H,32,37)/b12-11+. The van der Waals surface area contributed by atoms with E-state index in [0.29, 0.717) is 25.1 Å². The highest BCUT2D eigenvalue weighted by Gasteiger charge is 2.29. The quantitative estimate of drug-likeness (QED) is 0.276. The molecule has 0 aromatic carbocycles. The van der Waals surface area contributed by atoms with Crippen molar-refractivity contribution in [2.45, 2.75) is 83.4 Å². The molecule has 12 nitrogen and oxygen atoms in total. The molecule has 220 valence electrons. The smallest absolute Gasteiger partial charge is 0.330 e. The fourth-order valence-corrected chi connectivity index (χ4v) is 5.24. The van der Waals surface area contributed by atoms with E-state index < -0.39 is 35.4 Å². The van der Waals surface area contributed by atoms with Crippen LogP contribution >= 0.6 is 0 Å². The SMILES string of the molecule is CCC(C(=O)NC(/C=C/C(=O)OC1CCCCC1)CC1CCNC1=O)n1cccc(NC(=O)c2cc(C)on2)c1=O. The highest BCUT2D eigenvalue weighted by atomic mass is 16.5. The van der Waals surface area contributed by atoms with Gasteiger partial charge in [0.2, 0.25) is 11.8 Å². The number of carbonyl (C=O) groups excluding carboxylic acids is 4. The summed E-state index contributed by atoms with van der Waals surface area (Å²) in [6.45, 7) is 3.96. The van der Waals surface area contributed by atoms with E-state index in [-0.39, 0.29) is 35.7 Å². The molecule has 1 saturated heterocycles. The number of nitrogens with one attached hydrogen (secondary N) is 3. The summed E-state index contributed by atoms with van der Waals surface area (Å²) in [5.74, 6) is -1.53. The Morgan fingerprint density at radius 2 is 2.00 bits per heavy atom. The third-order valence-corrected chi connectivity index (χ3v) is 7.44. The first-order chi connectivity index (χ1) is 19.7. The Morgan fingerprint density at radius 3 is 2.66 bits per heavy atom. The number of nitrogens with zero attached hydrogens (tertiary/aromatic N) is 2. The maximum Gasteiger partial charge on any atom is 0.330 e. The van der Waals surface area contributed by atoms with Crippen LogP contribution in [0.25, 0.3) is 0 Å². The molecule has 2 aromatic rings. The van der Waals surface area contributed by atoms with Crippen LogP contribution in [-0.4, -0.2) is 52.1 Å². The molecule has 3 N–H and O–H groups in total. The first-order valence-electron chi connectivity index (χ1n) is 14.2. The summed E-state index contributed by atoms with van der Waals surface area (Å²) in [6, 6.07) is 2.90. The van der Waals surface area contributed by atoms with Crippen molar-refractivity contribution in [3.8, 4) is 0 Å². The molecule has 3 amide bonds. The zero-order chi connectivity index (χ0) is 29.4. The second-order valence-corrected chi connectivity index (χ2v) is 10.5. The van der Waals surface area contributed by atoms with Crippen molar-refractivity contribution < 1.29 is 28.4 Å². The van der Waals surface area contributed by atoms with Gasteiger partial charge in [-0.3, -0.25) is 19.2 Å². The van der Waals surface area contributed by atoms with E-state index in [1.807, 2.05) is 0 Å². The summed E-state index contributed by atoms with van der Waals surface area (Å²) >= 11 is 0. The van der Waals surface area contributed by atoms with Gasteiger partial charge in [0, 0.05) is 36.8 Å². The predicted octanol–water partition coefficient (Wildman–Crippen LogP) is 2.79. The number of ether oxygens (including phenoxy) is 1. The highest BCUT2D eigenvalue weighted by Crippen LogP contribution is 2.21. The minimum atomic E-state index is -0.906. The summed E-state index contributed by atoms with van der Waals surface area (Å²) in [4.78, 5) is 64.0. The van der Waals surface area contributed by atoms with Crippen LogP contribution in [0.15, 0.2) is 45.9 Å². The molecule has 12 heteroatoms. The van der Waals surface area contributed by atoms with E-state index in [1.165, 1.54) is 29.0 Å². The lowest BCUT2D eigenvalue weighted by molar-refractivity contribution is -0.144. The monoisotopic (exact) mass is 567 g/mol. The van der Waals surface area contributed by atoms with Crippen LogP contribution in [0, 0.1) is 12.8 Å². The van der Waals surface area contributed by atoms with E-state index in [9.17, 15) is 24.0 Å². The maximum atomic E-state index is 13.5. The molecule has 0 spiro atoms. The van der Waals surface area contributed by atoms with Crippen LogP contribution in [0.2, 0.25) is 0 Å². The van der Waals surface area contributed by atoms with Crippen molar-refractivity contribution in [2.75, 3.05) is 11.9 Å². The van der Waals surface area contributed by atoms with Crippen molar-refractivity contribution in [1.29, 1.82) is 0 Å². The lowest BCUT2D eigenvalue weighted by Crippen LogP contribution is -2.43. The molecule has 3 atom stereocenters. The molecule has 0 radical (unpaired) electrons. The van der Waals surface area contributed by atoms with Crippen molar-refractivity contribution in [3.63, 3.8) is 0 Å². The summed E-state index contributed by atoms with van der Waals surface area (Å²) in [5, 5.41) is 11.9. The molecule has 4 rings (SSSR count). The van der Waals surface area contributed by atoms with Gasteiger partial charge in [0.05, 0.1) is 0 Å². The number of pyridine rings is 1. The lowest BCUT2D eigenvalue weighted by atomic mass is 9.97. The van der Waals surface area contributed by atoms with Crippen molar-refractivity contribution >= 4 is 29.4 Å². The Hall–Kier alpha value is -4.22. The number of esters is 1. The average Bonchev–Trinajstić information content (AvgIpc) is 3.58. The molecule has 2 aromatic heterocycles. The van der Waals surface area contributed by atoms with Crippen LogP contribution < -0.4 is 21.5 Å². The number of carbonyl (C=O) groups is 4. The molecule has 0 bridgehead atoms. The van der Waals surface area contributed by atoms with Crippen molar-refractivity contribution in [2.24, 2.45) is 5.92 Å². The Balaban J connectivity index is 1.48. The summed E-state index contributed by atoms with van der Waals surface area (Å²) in [6.07, 6.45) is 10.3. The van der Waals surface area contributed by atoms with Gasteiger partial charge in [0.25, 0.3) is 11.5 Å². The minimum Gasteiger partial charge on any atom is -0.459 e. The first kappa shape index (κ1) is 29.8. The highest BCUT2D eigenvalue weighted by molar-refractivity contribution is 6.02. The molecular formula is C29H37N5O7. The molecule has 1 aliphatic heterocycles. The van der Waals surface area contributed by atoms with Crippen LogP contribution in [-0.2, 0) is 19.1 Å². The van der Waals surface area contributed by atoms with E-state index in [0.717, 1.165) is 32.1 Å². The minimum absolute atomic E-state index is 0.0195. The second kappa shape index (κ2) is 13.9. The van der Waals surface area contributed by atoms with Gasteiger partial charge in [-0.25, -0.2) is 4.79 Å². The lowest BCUT2D eigenvalue weighted by Gasteiger charge is -2.23. The van der Waals surface area contributed by atoms with Gasteiger partial charge in [-0.05, 0) is 64.0 Å². The van der Waals surface area contributed by atoms with Gasteiger partial charge in [-0.1, -0.05) is 24.6 Å². The number of aryl methyl sites for hydroxylation is 1. The molecule has 3 unspecified atom stereocenters. The van der Waals surface area contributed by atoms with Crippen LogP contribution in [0.5, 0.6) is 0 Å². The predicted molar refractivity (Wildman–Crippen MR) is 149 cm³/mol. The Labute approximate surface area is 237 Å². The molecule has 2 fully saturated rings. The summed E-state index contributed by atoms with van der Waals surface area (Å²) in [5.41, 5.74) is -0.565. The second-order valence-electron chi connectivity index (χ2n) is 10.5. The van der Waals surface area contributed by atoms with E-state index in [1.54, 1.807) is 26.0 Å². The number of rotatable bonds is 11. The zero-order valence-corrected chi connectivity index (χ0v) is 23.4. The van der Waals surface area contributed by atoms with E-state index in [4.69, 9.17) is 9.26 Å². The first-order valence-corrected chi connectivity index (χ1v) is 14.2. The van der Waals surface area contributed by atoms with Crippen LogP contribution in [0.3, 0.4) is 0 Å². The Kier molecular flexibility index (Phi) is 10.1. The van der Waals surface area contributed by atoms with Crippen molar-refractivity contribution in [3.05, 3.63) is 58.4 Å². The van der Waals surface area contributed by atoms with E-state index >= 15 is 0 Å². The normalized spacial score (nSPS) is 19.0. The van der Waals surface area contributed by atoms with Gasteiger partial charge in [-0.15, -0.1) is 0 Å². The number of hydrogen-bond donors (Lipinski definition) is 3. The largest absolute Gasteiger partial charge is 0.459 e. The number of aromatic nitrogens is 2. The molecular weight excluding hydrogens is 530 g/mol. The van der Waals surface area contributed by atoms with Crippen LogP contribution in [0.1, 0.15) is 80.6 Å². The fourth-order valence-electron chi connectivity index (χ4n) is 5.24. The Bertz CT molecular complexity index is 1340. The van der Waals surface area contributed by atoms with Gasteiger partial charge in [0.1, 0.15) is 23.6 Å².